The molecule has 0 bridgehead atoms. The summed E-state index contributed by atoms with van der Waals surface area (Å²) in [5.41, 5.74) is 0. The standard InChI is InChI=1S/2C9H20O4Si/c2*1-10-14(3,11-2)6-4-5-12-7-9-8-13-9/h2*9H,4-8H2,1-3H3. The van der Waals surface area contributed by atoms with Gasteiger partial charge in [0.1, 0.15) is 12.2 Å². The van der Waals surface area contributed by atoms with Gasteiger partial charge in [0.2, 0.25) is 0 Å². The molecule has 8 nitrogen and oxygen atoms in total. The zero-order valence-electron chi connectivity index (χ0n) is 18.5. The zero-order chi connectivity index (χ0) is 20.9. The van der Waals surface area contributed by atoms with E-state index in [9.17, 15) is 0 Å². The van der Waals surface area contributed by atoms with Gasteiger partial charge in [0.25, 0.3) is 0 Å². The van der Waals surface area contributed by atoms with E-state index < -0.39 is 17.1 Å². The van der Waals surface area contributed by atoms with Gasteiger partial charge in [0, 0.05) is 41.7 Å². The van der Waals surface area contributed by atoms with Gasteiger partial charge in [0.15, 0.2) is 0 Å². The highest BCUT2D eigenvalue weighted by Gasteiger charge is 2.29. The molecule has 0 N–H and O–H groups in total. The Morgan fingerprint density at radius 2 is 1.00 bits per heavy atom. The molecule has 0 saturated carbocycles. The number of hydrogen-bond donors (Lipinski definition) is 0. The number of epoxide rings is 2. The van der Waals surface area contributed by atoms with Crippen molar-refractivity contribution in [3.8, 4) is 0 Å². The van der Waals surface area contributed by atoms with Crippen molar-refractivity contribution >= 4 is 17.1 Å². The third kappa shape index (κ3) is 12.6. The van der Waals surface area contributed by atoms with E-state index in [4.69, 9.17) is 36.7 Å². The molecule has 0 amide bonds. The average molecular weight is 441 g/mol. The van der Waals surface area contributed by atoms with Crippen molar-refractivity contribution in [3.63, 3.8) is 0 Å². The van der Waals surface area contributed by atoms with Crippen LogP contribution in [0.1, 0.15) is 12.8 Å². The Kier molecular flexibility index (Phi) is 13.2. The van der Waals surface area contributed by atoms with Crippen molar-refractivity contribution in [2.45, 2.75) is 50.2 Å². The summed E-state index contributed by atoms with van der Waals surface area (Å²) in [5.74, 6) is 0. The summed E-state index contributed by atoms with van der Waals surface area (Å²) in [6, 6.07) is 1.96. The maximum absolute atomic E-state index is 5.43. The lowest BCUT2D eigenvalue weighted by Gasteiger charge is -2.22. The van der Waals surface area contributed by atoms with Crippen LogP contribution in [-0.2, 0) is 36.7 Å². The monoisotopic (exact) mass is 440 g/mol. The smallest absolute Gasteiger partial charge is 0.334 e. The Hall–Kier alpha value is 0.114. The Morgan fingerprint density at radius 3 is 1.25 bits per heavy atom. The van der Waals surface area contributed by atoms with Gasteiger partial charge in [-0.15, -0.1) is 0 Å². The normalized spacial score (nSPS) is 21.2. The highest BCUT2D eigenvalue weighted by atomic mass is 28.4. The molecular weight excluding hydrogens is 400 g/mol. The van der Waals surface area contributed by atoms with E-state index in [-0.39, 0.29) is 0 Å². The van der Waals surface area contributed by atoms with Gasteiger partial charge in [0.05, 0.1) is 26.4 Å². The molecule has 2 rings (SSSR count). The Balaban J connectivity index is 0.000000280. The molecule has 2 saturated heterocycles. The molecule has 0 spiro atoms. The predicted molar refractivity (Wildman–Crippen MR) is 111 cm³/mol. The second kappa shape index (κ2) is 14.2. The van der Waals surface area contributed by atoms with Crippen LogP contribution >= 0.6 is 0 Å². The SMILES string of the molecule is CO[Si](C)(CCCOCC1CO1)OC.CO[Si](C)(CCCOCC1CO1)OC. The average Bonchev–Trinajstić information content (AvgIpc) is 3.62. The Morgan fingerprint density at radius 1 is 0.679 bits per heavy atom. The van der Waals surface area contributed by atoms with Crippen LogP contribution < -0.4 is 0 Å². The summed E-state index contributed by atoms with van der Waals surface area (Å²) in [5, 5.41) is 0. The quantitative estimate of drug-likeness (QED) is 0.205. The van der Waals surface area contributed by atoms with E-state index in [0.29, 0.717) is 12.2 Å². The van der Waals surface area contributed by atoms with Crippen LogP contribution in [0.15, 0.2) is 0 Å². The Bertz CT molecular complexity index is 350. The molecule has 0 aliphatic carbocycles. The van der Waals surface area contributed by atoms with Crippen LogP contribution in [0.4, 0.5) is 0 Å². The number of ether oxygens (including phenoxy) is 4. The van der Waals surface area contributed by atoms with Crippen LogP contribution in [0, 0.1) is 0 Å². The van der Waals surface area contributed by atoms with Crippen LogP contribution in [0.2, 0.25) is 25.2 Å². The topological polar surface area (TPSA) is 80.4 Å². The third-order valence-electron chi connectivity index (χ3n) is 4.98. The molecule has 0 radical (unpaired) electrons. The summed E-state index contributed by atoms with van der Waals surface area (Å²) < 4.78 is 42.4. The highest BCUT2D eigenvalue weighted by molar-refractivity contribution is 6.66. The molecule has 168 valence electrons. The van der Waals surface area contributed by atoms with E-state index in [2.05, 4.69) is 13.1 Å². The first kappa shape index (κ1) is 26.1. The van der Waals surface area contributed by atoms with Crippen molar-refractivity contribution < 1.29 is 36.7 Å². The first-order valence-corrected chi connectivity index (χ1v) is 15.0. The first-order valence-electron chi connectivity index (χ1n) is 9.99. The highest BCUT2D eigenvalue weighted by Crippen LogP contribution is 2.15. The summed E-state index contributed by atoms with van der Waals surface area (Å²) in [6.07, 6.45) is 2.72. The second-order valence-electron chi connectivity index (χ2n) is 7.35. The molecule has 2 heterocycles. The molecule has 2 aliphatic heterocycles. The summed E-state index contributed by atoms with van der Waals surface area (Å²) in [4.78, 5) is 0. The van der Waals surface area contributed by atoms with E-state index in [1.54, 1.807) is 28.4 Å². The number of rotatable bonds is 16. The third-order valence-corrected chi connectivity index (χ3v) is 11.0. The molecule has 0 aromatic rings. The van der Waals surface area contributed by atoms with E-state index in [0.717, 1.165) is 64.6 Å². The fourth-order valence-electron chi connectivity index (χ4n) is 2.32. The molecule has 0 aromatic carbocycles. The minimum absolute atomic E-state index is 0.364. The van der Waals surface area contributed by atoms with Crippen LogP contribution in [0.25, 0.3) is 0 Å². The summed E-state index contributed by atoms with van der Waals surface area (Å²) >= 11 is 0. The maximum Gasteiger partial charge on any atom is 0.334 e. The number of hydrogen-bond acceptors (Lipinski definition) is 8. The minimum Gasteiger partial charge on any atom is -0.398 e. The first-order chi connectivity index (χ1) is 13.4. The fourth-order valence-corrected chi connectivity index (χ4v) is 5.05. The molecule has 28 heavy (non-hydrogen) atoms. The largest absolute Gasteiger partial charge is 0.398 e. The molecular formula is C18H40O8Si2. The molecule has 2 fully saturated rings. The van der Waals surface area contributed by atoms with Crippen molar-refractivity contribution in [2.24, 2.45) is 0 Å². The minimum atomic E-state index is -1.87. The predicted octanol–water partition coefficient (Wildman–Crippen LogP) is 2.31. The van der Waals surface area contributed by atoms with E-state index >= 15 is 0 Å². The van der Waals surface area contributed by atoms with Crippen molar-refractivity contribution in [1.29, 1.82) is 0 Å². The van der Waals surface area contributed by atoms with Crippen molar-refractivity contribution in [3.05, 3.63) is 0 Å². The van der Waals surface area contributed by atoms with Crippen molar-refractivity contribution in [2.75, 3.05) is 68.1 Å². The molecule has 10 heteroatoms. The lowest BCUT2D eigenvalue weighted by atomic mass is 10.5. The Labute approximate surface area is 172 Å². The lowest BCUT2D eigenvalue weighted by molar-refractivity contribution is 0.114. The van der Waals surface area contributed by atoms with Gasteiger partial charge in [-0.25, -0.2) is 0 Å². The van der Waals surface area contributed by atoms with Crippen molar-refractivity contribution in [1.82, 2.24) is 0 Å². The summed E-state index contributed by atoms with van der Waals surface area (Å²) in [6.45, 7) is 8.88. The molecule has 2 atom stereocenters. The van der Waals surface area contributed by atoms with E-state index in [1.165, 1.54) is 0 Å². The maximum atomic E-state index is 5.43. The molecule has 0 aromatic heterocycles. The zero-order valence-corrected chi connectivity index (χ0v) is 20.5. The van der Waals surface area contributed by atoms with Gasteiger partial charge >= 0.3 is 17.1 Å². The fraction of sp³-hybridized carbons (Fsp3) is 1.00. The van der Waals surface area contributed by atoms with Crippen LogP contribution in [0.5, 0.6) is 0 Å². The summed E-state index contributed by atoms with van der Waals surface area (Å²) in [7, 11) is 3.13. The second-order valence-corrected chi connectivity index (χ2v) is 14.5. The van der Waals surface area contributed by atoms with Gasteiger partial charge in [-0.2, -0.15) is 0 Å². The lowest BCUT2D eigenvalue weighted by Crippen LogP contribution is -2.36. The van der Waals surface area contributed by atoms with Gasteiger partial charge < -0.3 is 36.7 Å². The van der Waals surface area contributed by atoms with Crippen LogP contribution in [-0.4, -0.2) is 97.4 Å². The van der Waals surface area contributed by atoms with Gasteiger partial charge in [-0.3, -0.25) is 0 Å². The molecule has 2 aliphatic rings. The molecule has 2 unspecified atom stereocenters. The van der Waals surface area contributed by atoms with E-state index in [1.807, 2.05) is 0 Å². The van der Waals surface area contributed by atoms with Gasteiger partial charge in [-0.05, 0) is 38.0 Å². The van der Waals surface area contributed by atoms with Gasteiger partial charge in [-0.1, -0.05) is 0 Å². The van der Waals surface area contributed by atoms with Crippen LogP contribution in [0.3, 0.4) is 0 Å².